The molecule has 3 atom stereocenters. The van der Waals surface area contributed by atoms with Crippen LogP contribution in [0.4, 0.5) is 4.79 Å². The van der Waals surface area contributed by atoms with Gasteiger partial charge in [0.2, 0.25) is 11.8 Å². The number of likely N-dealkylation sites (tertiary alicyclic amines) is 1. The number of carbonyl (C=O) groups is 3. The van der Waals surface area contributed by atoms with Gasteiger partial charge in [0, 0.05) is 6.54 Å². The summed E-state index contributed by atoms with van der Waals surface area (Å²) in [6.07, 6.45) is 3.11. The third kappa shape index (κ3) is 3.24. The molecule has 1 fully saturated rings. The van der Waals surface area contributed by atoms with Crippen LogP contribution in [0.5, 0.6) is 0 Å². The summed E-state index contributed by atoms with van der Waals surface area (Å²) in [4.78, 5) is 37.4. The van der Waals surface area contributed by atoms with Gasteiger partial charge in [0.25, 0.3) is 0 Å². The van der Waals surface area contributed by atoms with Gasteiger partial charge < -0.3 is 10.4 Å². The van der Waals surface area contributed by atoms with Gasteiger partial charge in [-0.1, -0.05) is 24.3 Å². The number of nitrogens with one attached hydrogen (secondary N) is 1. The van der Waals surface area contributed by atoms with E-state index >= 15 is 0 Å². The first-order chi connectivity index (χ1) is 12.0. The van der Waals surface area contributed by atoms with Gasteiger partial charge in [0.15, 0.2) is 0 Å². The van der Waals surface area contributed by atoms with E-state index in [0.717, 1.165) is 5.56 Å². The number of carbonyl (C=O) groups excluding carboxylic acids is 2. The van der Waals surface area contributed by atoms with Gasteiger partial charge in [-0.25, -0.2) is 4.79 Å². The second kappa shape index (κ2) is 6.77. The first kappa shape index (κ1) is 16.7. The van der Waals surface area contributed by atoms with E-state index in [9.17, 15) is 14.4 Å². The van der Waals surface area contributed by atoms with E-state index in [1.807, 2.05) is 6.07 Å². The highest BCUT2D eigenvalue weighted by Crippen LogP contribution is 2.35. The SMILES string of the molecule is N#Cc1ccc(CCN2C(=O)C3CC=CC(NC(=O)O)C3C2=O)cc1. The molecule has 0 saturated carbocycles. The smallest absolute Gasteiger partial charge is 0.405 e. The summed E-state index contributed by atoms with van der Waals surface area (Å²) in [6.45, 7) is 0.246. The fourth-order valence-corrected chi connectivity index (χ4v) is 3.44. The fourth-order valence-electron chi connectivity index (χ4n) is 3.44. The molecule has 0 radical (unpaired) electrons. The van der Waals surface area contributed by atoms with E-state index in [1.165, 1.54) is 4.90 Å². The van der Waals surface area contributed by atoms with Crippen LogP contribution in [0.1, 0.15) is 17.5 Å². The number of hydrogen-bond acceptors (Lipinski definition) is 4. The van der Waals surface area contributed by atoms with Gasteiger partial charge in [0.1, 0.15) is 0 Å². The second-order valence-electron chi connectivity index (χ2n) is 6.16. The van der Waals surface area contributed by atoms with E-state index < -0.39 is 24.0 Å². The Kier molecular flexibility index (Phi) is 4.52. The zero-order chi connectivity index (χ0) is 18.0. The van der Waals surface area contributed by atoms with Crippen molar-refractivity contribution in [3.8, 4) is 6.07 Å². The molecule has 3 unspecified atom stereocenters. The Morgan fingerprint density at radius 1 is 1.28 bits per heavy atom. The molecule has 2 aliphatic rings. The molecule has 3 rings (SSSR count). The third-order valence-electron chi connectivity index (χ3n) is 4.69. The normalized spacial score (nSPS) is 24.8. The van der Waals surface area contributed by atoms with Crippen molar-refractivity contribution in [1.29, 1.82) is 5.26 Å². The number of rotatable bonds is 4. The molecule has 128 valence electrons. The molecule has 1 aliphatic carbocycles. The Balaban J connectivity index is 1.71. The molecule has 0 bridgehead atoms. The number of hydrogen-bond donors (Lipinski definition) is 2. The molecular formula is C18H17N3O4. The molecule has 2 N–H and O–H groups in total. The third-order valence-corrected chi connectivity index (χ3v) is 4.69. The van der Waals surface area contributed by atoms with E-state index in [2.05, 4.69) is 5.32 Å². The number of nitriles is 1. The molecule has 1 heterocycles. The highest BCUT2D eigenvalue weighted by atomic mass is 16.4. The topological polar surface area (TPSA) is 110 Å². The molecule has 25 heavy (non-hydrogen) atoms. The lowest BCUT2D eigenvalue weighted by molar-refractivity contribution is -0.139. The zero-order valence-electron chi connectivity index (χ0n) is 13.4. The van der Waals surface area contributed by atoms with Crippen LogP contribution in [0.2, 0.25) is 0 Å². The summed E-state index contributed by atoms with van der Waals surface area (Å²) < 4.78 is 0. The van der Waals surface area contributed by atoms with Crippen LogP contribution in [-0.4, -0.2) is 40.5 Å². The van der Waals surface area contributed by atoms with Crippen LogP contribution in [0.15, 0.2) is 36.4 Å². The lowest BCUT2D eigenvalue weighted by Gasteiger charge is -2.25. The second-order valence-corrected chi connectivity index (χ2v) is 6.16. The number of allylic oxidation sites excluding steroid dienone is 1. The molecule has 0 aromatic heterocycles. The van der Waals surface area contributed by atoms with Gasteiger partial charge in [-0.05, 0) is 30.5 Å². The number of amides is 3. The minimum Gasteiger partial charge on any atom is -0.465 e. The van der Waals surface area contributed by atoms with E-state index in [1.54, 1.807) is 36.4 Å². The van der Waals surface area contributed by atoms with Crippen LogP contribution >= 0.6 is 0 Å². The molecule has 3 amide bonds. The molecule has 7 heteroatoms. The highest BCUT2D eigenvalue weighted by molar-refractivity contribution is 6.06. The van der Waals surface area contributed by atoms with Crippen LogP contribution in [-0.2, 0) is 16.0 Å². The van der Waals surface area contributed by atoms with Crippen molar-refractivity contribution in [3.05, 3.63) is 47.5 Å². The summed E-state index contributed by atoms with van der Waals surface area (Å²) in [6, 6.07) is 8.35. The quantitative estimate of drug-likeness (QED) is 0.634. The minimum absolute atomic E-state index is 0.245. The molecule has 1 saturated heterocycles. The summed E-state index contributed by atoms with van der Waals surface area (Å²) in [5, 5.41) is 20.0. The largest absolute Gasteiger partial charge is 0.465 e. The first-order valence-corrected chi connectivity index (χ1v) is 8.01. The fraction of sp³-hybridized carbons (Fsp3) is 0.333. The molecule has 1 aromatic rings. The van der Waals surface area contributed by atoms with Gasteiger partial charge in [0.05, 0.1) is 29.5 Å². The number of fused-ring (bicyclic) bond motifs is 1. The summed E-state index contributed by atoms with van der Waals surface area (Å²) >= 11 is 0. The van der Waals surface area contributed by atoms with Gasteiger partial charge in [-0.2, -0.15) is 5.26 Å². The highest BCUT2D eigenvalue weighted by Gasteiger charge is 2.51. The number of imide groups is 1. The lowest BCUT2D eigenvalue weighted by atomic mass is 9.81. The Morgan fingerprint density at radius 3 is 2.64 bits per heavy atom. The predicted molar refractivity (Wildman–Crippen MR) is 87.3 cm³/mol. The van der Waals surface area contributed by atoms with Crippen LogP contribution < -0.4 is 5.32 Å². The molecule has 1 aromatic carbocycles. The monoisotopic (exact) mass is 339 g/mol. The molecule has 1 aliphatic heterocycles. The van der Waals surface area contributed by atoms with Crippen LogP contribution in [0.3, 0.4) is 0 Å². The summed E-state index contributed by atoms with van der Waals surface area (Å²) in [5.74, 6) is -1.75. The van der Waals surface area contributed by atoms with Gasteiger partial charge in [-0.15, -0.1) is 0 Å². The van der Waals surface area contributed by atoms with Crippen molar-refractivity contribution < 1.29 is 19.5 Å². The number of benzene rings is 1. The maximum atomic E-state index is 12.7. The Labute approximate surface area is 144 Å². The maximum absolute atomic E-state index is 12.7. The molecule has 7 nitrogen and oxygen atoms in total. The van der Waals surface area contributed by atoms with Crippen molar-refractivity contribution in [2.45, 2.75) is 18.9 Å². The minimum atomic E-state index is -1.22. The van der Waals surface area contributed by atoms with Crippen molar-refractivity contribution in [3.63, 3.8) is 0 Å². The van der Waals surface area contributed by atoms with Gasteiger partial charge >= 0.3 is 6.09 Å². The van der Waals surface area contributed by atoms with Crippen molar-refractivity contribution in [2.75, 3.05) is 6.54 Å². The Morgan fingerprint density at radius 2 is 2.00 bits per heavy atom. The molecule has 0 spiro atoms. The Bertz CT molecular complexity index is 779. The van der Waals surface area contributed by atoms with E-state index in [-0.39, 0.29) is 18.4 Å². The van der Waals surface area contributed by atoms with Crippen LogP contribution in [0.25, 0.3) is 0 Å². The zero-order valence-corrected chi connectivity index (χ0v) is 13.4. The number of carboxylic acid groups (broad SMARTS) is 1. The van der Waals surface area contributed by atoms with Crippen molar-refractivity contribution in [1.82, 2.24) is 10.2 Å². The molecular weight excluding hydrogens is 322 g/mol. The van der Waals surface area contributed by atoms with Gasteiger partial charge in [-0.3, -0.25) is 14.5 Å². The Hall–Kier alpha value is -3.14. The first-order valence-electron chi connectivity index (χ1n) is 8.01. The predicted octanol–water partition coefficient (Wildman–Crippen LogP) is 1.30. The summed E-state index contributed by atoms with van der Waals surface area (Å²) in [7, 11) is 0. The van der Waals surface area contributed by atoms with E-state index in [0.29, 0.717) is 18.4 Å². The van der Waals surface area contributed by atoms with Crippen molar-refractivity contribution in [2.24, 2.45) is 11.8 Å². The number of nitrogens with zero attached hydrogens (tertiary/aromatic N) is 2. The van der Waals surface area contributed by atoms with Crippen LogP contribution in [0, 0.1) is 23.2 Å². The summed E-state index contributed by atoms with van der Waals surface area (Å²) in [5.41, 5.74) is 1.48. The van der Waals surface area contributed by atoms with Crippen molar-refractivity contribution >= 4 is 17.9 Å². The average Bonchev–Trinajstić information content (AvgIpc) is 2.85. The lowest BCUT2D eigenvalue weighted by Crippen LogP contribution is -2.45. The average molecular weight is 339 g/mol. The standard InChI is InChI=1S/C18H17N3O4/c19-10-12-6-4-11(5-7-12)8-9-21-16(22)13-2-1-3-14(20-18(24)25)15(13)17(21)23/h1,3-7,13-15,20H,2,8-9H2,(H,24,25). The van der Waals surface area contributed by atoms with E-state index in [4.69, 9.17) is 10.4 Å². The maximum Gasteiger partial charge on any atom is 0.405 e.